The topological polar surface area (TPSA) is 90.3 Å². The molecular formula is C14H19N5O2. The Balaban J connectivity index is 1.86. The third-order valence-electron chi connectivity index (χ3n) is 3.11. The van der Waals surface area contributed by atoms with E-state index in [1.54, 1.807) is 6.26 Å². The van der Waals surface area contributed by atoms with Crippen LogP contribution in [0.15, 0.2) is 22.8 Å². The van der Waals surface area contributed by atoms with Crippen LogP contribution in [-0.2, 0) is 6.54 Å². The Labute approximate surface area is 123 Å². The standard InChI is InChI=1S/C14H19N5O2/c1-9(2)21-14-17-12(15)16-13(18-14)19(10-5-6-10)8-11-4-3-7-20-11/h3-4,7,9-10H,5-6,8H2,1-2H3,(H2,15,16,17,18). The Morgan fingerprint density at radius 1 is 1.38 bits per heavy atom. The van der Waals surface area contributed by atoms with Gasteiger partial charge < -0.3 is 19.8 Å². The van der Waals surface area contributed by atoms with E-state index in [0.29, 0.717) is 18.5 Å². The van der Waals surface area contributed by atoms with Crippen LogP contribution in [0.2, 0.25) is 0 Å². The van der Waals surface area contributed by atoms with Crippen LogP contribution in [0, 0.1) is 0 Å². The molecule has 0 unspecified atom stereocenters. The van der Waals surface area contributed by atoms with Crippen molar-refractivity contribution in [2.24, 2.45) is 0 Å². The fourth-order valence-corrected chi connectivity index (χ4v) is 2.07. The van der Waals surface area contributed by atoms with E-state index in [4.69, 9.17) is 14.9 Å². The second kappa shape index (κ2) is 5.59. The van der Waals surface area contributed by atoms with Crippen LogP contribution in [0.5, 0.6) is 6.01 Å². The van der Waals surface area contributed by atoms with Crippen LogP contribution in [0.25, 0.3) is 0 Å². The molecule has 7 nitrogen and oxygen atoms in total. The summed E-state index contributed by atoms with van der Waals surface area (Å²) in [6.45, 7) is 4.45. The minimum atomic E-state index is -0.0147. The molecule has 3 rings (SSSR count). The molecule has 112 valence electrons. The molecule has 0 aliphatic heterocycles. The number of nitrogens with two attached hydrogens (primary N) is 1. The second-order valence-corrected chi connectivity index (χ2v) is 5.38. The molecule has 0 atom stereocenters. The number of furan rings is 1. The summed E-state index contributed by atoms with van der Waals surface area (Å²) in [4.78, 5) is 14.7. The van der Waals surface area contributed by atoms with Crippen LogP contribution in [0.1, 0.15) is 32.4 Å². The molecule has 0 saturated heterocycles. The molecule has 2 N–H and O–H groups in total. The Kier molecular flexibility index (Phi) is 3.64. The number of ether oxygens (including phenoxy) is 1. The number of nitrogen functional groups attached to an aromatic ring is 1. The van der Waals surface area contributed by atoms with Gasteiger partial charge in [0.1, 0.15) is 5.76 Å². The molecule has 2 aromatic rings. The minimum absolute atomic E-state index is 0.0147. The summed E-state index contributed by atoms with van der Waals surface area (Å²) in [5.74, 6) is 1.57. The summed E-state index contributed by atoms with van der Waals surface area (Å²) in [6.07, 6.45) is 3.88. The maximum Gasteiger partial charge on any atom is 0.323 e. The Morgan fingerprint density at radius 3 is 2.81 bits per heavy atom. The van der Waals surface area contributed by atoms with Gasteiger partial charge in [0.2, 0.25) is 11.9 Å². The lowest BCUT2D eigenvalue weighted by molar-refractivity contribution is 0.222. The SMILES string of the molecule is CC(C)Oc1nc(N)nc(N(Cc2ccco2)C2CC2)n1. The zero-order chi connectivity index (χ0) is 14.8. The molecule has 1 aliphatic rings. The van der Waals surface area contributed by atoms with Crippen LogP contribution in [0.3, 0.4) is 0 Å². The van der Waals surface area contributed by atoms with E-state index >= 15 is 0 Å². The number of aromatic nitrogens is 3. The highest BCUT2D eigenvalue weighted by atomic mass is 16.5. The lowest BCUT2D eigenvalue weighted by Gasteiger charge is -2.21. The summed E-state index contributed by atoms with van der Waals surface area (Å²) in [7, 11) is 0. The van der Waals surface area contributed by atoms with Gasteiger partial charge in [0, 0.05) is 6.04 Å². The van der Waals surface area contributed by atoms with Crippen molar-refractivity contribution in [3.63, 3.8) is 0 Å². The molecule has 7 heteroatoms. The van der Waals surface area contributed by atoms with Gasteiger partial charge in [-0.1, -0.05) is 0 Å². The third-order valence-corrected chi connectivity index (χ3v) is 3.11. The van der Waals surface area contributed by atoms with Crippen molar-refractivity contribution in [1.82, 2.24) is 15.0 Å². The van der Waals surface area contributed by atoms with Crippen LogP contribution >= 0.6 is 0 Å². The predicted octanol–water partition coefficient (Wildman–Crippen LogP) is 2.00. The van der Waals surface area contributed by atoms with E-state index in [0.717, 1.165) is 18.6 Å². The lowest BCUT2D eigenvalue weighted by Crippen LogP contribution is -2.27. The molecular weight excluding hydrogens is 270 g/mol. The first-order valence-corrected chi connectivity index (χ1v) is 7.09. The highest BCUT2D eigenvalue weighted by Crippen LogP contribution is 2.32. The van der Waals surface area contributed by atoms with Gasteiger partial charge in [-0.25, -0.2) is 0 Å². The zero-order valence-electron chi connectivity index (χ0n) is 12.2. The normalized spacial score (nSPS) is 14.4. The van der Waals surface area contributed by atoms with Gasteiger partial charge in [0.05, 0.1) is 18.9 Å². The van der Waals surface area contributed by atoms with E-state index in [9.17, 15) is 0 Å². The van der Waals surface area contributed by atoms with E-state index in [2.05, 4.69) is 19.9 Å². The Hall–Kier alpha value is -2.31. The smallest absolute Gasteiger partial charge is 0.323 e. The van der Waals surface area contributed by atoms with E-state index in [1.807, 2.05) is 26.0 Å². The summed E-state index contributed by atoms with van der Waals surface area (Å²) in [5.41, 5.74) is 5.77. The van der Waals surface area contributed by atoms with Crippen molar-refractivity contribution in [3.05, 3.63) is 24.2 Å². The molecule has 0 spiro atoms. The molecule has 1 aliphatic carbocycles. The van der Waals surface area contributed by atoms with Crippen molar-refractivity contribution in [2.75, 3.05) is 10.6 Å². The van der Waals surface area contributed by atoms with E-state index in [-0.39, 0.29) is 18.1 Å². The minimum Gasteiger partial charge on any atom is -0.467 e. The molecule has 2 aromatic heterocycles. The maximum absolute atomic E-state index is 5.77. The van der Waals surface area contributed by atoms with Gasteiger partial charge in [-0.15, -0.1) is 0 Å². The first-order valence-electron chi connectivity index (χ1n) is 7.09. The van der Waals surface area contributed by atoms with E-state index in [1.165, 1.54) is 0 Å². The van der Waals surface area contributed by atoms with Crippen LogP contribution in [0.4, 0.5) is 11.9 Å². The number of rotatable bonds is 6. The summed E-state index contributed by atoms with van der Waals surface area (Å²) < 4.78 is 10.9. The molecule has 1 saturated carbocycles. The Morgan fingerprint density at radius 2 is 2.19 bits per heavy atom. The first-order chi connectivity index (χ1) is 10.1. The summed E-state index contributed by atoms with van der Waals surface area (Å²) in [5, 5.41) is 0. The molecule has 1 fully saturated rings. The third kappa shape index (κ3) is 3.42. The number of anilines is 2. The molecule has 21 heavy (non-hydrogen) atoms. The molecule has 0 radical (unpaired) electrons. The molecule has 2 heterocycles. The average molecular weight is 289 g/mol. The van der Waals surface area contributed by atoms with Crippen molar-refractivity contribution < 1.29 is 9.15 Å². The predicted molar refractivity (Wildman–Crippen MR) is 77.9 cm³/mol. The van der Waals surface area contributed by atoms with Gasteiger partial charge in [0.15, 0.2) is 0 Å². The first kappa shape index (κ1) is 13.7. The van der Waals surface area contributed by atoms with Crippen molar-refractivity contribution in [2.45, 2.75) is 45.4 Å². The van der Waals surface area contributed by atoms with Crippen LogP contribution < -0.4 is 15.4 Å². The average Bonchev–Trinajstić information content (AvgIpc) is 3.11. The second-order valence-electron chi connectivity index (χ2n) is 5.38. The lowest BCUT2D eigenvalue weighted by atomic mass is 10.4. The molecule has 0 bridgehead atoms. The fraction of sp³-hybridized carbons (Fsp3) is 0.500. The Bertz CT molecular complexity index is 595. The van der Waals surface area contributed by atoms with Gasteiger partial charge in [-0.3, -0.25) is 0 Å². The highest BCUT2D eigenvalue weighted by Gasteiger charge is 2.32. The maximum atomic E-state index is 5.77. The van der Waals surface area contributed by atoms with Crippen molar-refractivity contribution in [3.8, 4) is 6.01 Å². The van der Waals surface area contributed by atoms with Crippen molar-refractivity contribution in [1.29, 1.82) is 0 Å². The number of nitrogens with zero attached hydrogens (tertiary/aromatic N) is 4. The zero-order valence-corrected chi connectivity index (χ0v) is 12.2. The number of hydrogen-bond acceptors (Lipinski definition) is 7. The van der Waals surface area contributed by atoms with E-state index < -0.39 is 0 Å². The molecule has 0 aromatic carbocycles. The van der Waals surface area contributed by atoms with Gasteiger partial charge in [0.25, 0.3) is 0 Å². The van der Waals surface area contributed by atoms with Gasteiger partial charge >= 0.3 is 6.01 Å². The summed E-state index contributed by atoms with van der Waals surface area (Å²) in [6, 6.07) is 4.49. The highest BCUT2D eigenvalue weighted by molar-refractivity contribution is 5.39. The van der Waals surface area contributed by atoms with Gasteiger partial charge in [-0.05, 0) is 38.8 Å². The van der Waals surface area contributed by atoms with Crippen molar-refractivity contribution >= 4 is 11.9 Å². The van der Waals surface area contributed by atoms with Gasteiger partial charge in [-0.2, -0.15) is 15.0 Å². The fourth-order valence-electron chi connectivity index (χ4n) is 2.07. The quantitative estimate of drug-likeness (QED) is 0.869. The summed E-state index contributed by atoms with van der Waals surface area (Å²) >= 11 is 0. The monoisotopic (exact) mass is 289 g/mol. The largest absolute Gasteiger partial charge is 0.467 e. The number of hydrogen-bond donors (Lipinski definition) is 1. The molecule has 0 amide bonds. The van der Waals surface area contributed by atoms with Crippen LogP contribution in [-0.4, -0.2) is 27.1 Å².